The largest absolute Gasteiger partial charge is 0.453 e. The first kappa shape index (κ1) is 16.5. The summed E-state index contributed by atoms with van der Waals surface area (Å²) >= 11 is 5.87. The molecule has 1 aromatic carbocycles. The van der Waals surface area contributed by atoms with E-state index in [1.165, 1.54) is 24.4 Å². The lowest BCUT2D eigenvalue weighted by molar-refractivity contribution is 0.101. The van der Waals surface area contributed by atoms with Crippen LogP contribution in [0.1, 0.15) is 29.4 Å². The molecular weight excluding hydrogens is 359 g/mol. The first-order valence-electron chi connectivity index (χ1n) is 8.04. The van der Waals surface area contributed by atoms with Crippen molar-refractivity contribution in [3.05, 3.63) is 65.5 Å². The number of halogens is 2. The molecule has 8 heteroatoms. The van der Waals surface area contributed by atoms with Gasteiger partial charge in [-0.15, -0.1) is 0 Å². The fraction of sp³-hybridized carbons (Fsp3) is 0.167. The first-order chi connectivity index (χ1) is 12.6. The van der Waals surface area contributed by atoms with E-state index in [-0.39, 0.29) is 28.3 Å². The van der Waals surface area contributed by atoms with E-state index in [1.807, 2.05) is 0 Å². The summed E-state index contributed by atoms with van der Waals surface area (Å²) in [5.41, 5.74) is 0.157. The Morgan fingerprint density at radius 3 is 2.85 bits per heavy atom. The Hall–Kier alpha value is -2.93. The molecule has 1 saturated carbocycles. The predicted molar refractivity (Wildman–Crippen MR) is 94.2 cm³/mol. The lowest BCUT2D eigenvalue weighted by Crippen LogP contribution is -2.15. The maximum Gasteiger partial charge on any atom is 0.280 e. The average molecular weight is 373 g/mol. The van der Waals surface area contributed by atoms with Crippen molar-refractivity contribution in [1.82, 2.24) is 14.8 Å². The summed E-state index contributed by atoms with van der Waals surface area (Å²) in [4.78, 5) is 16.5. The fourth-order valence-corrected chi connectivity index (χ4v) is 2.62. The van der Waals surface area contributed by atoms with Gasteiger partial charge in [0.15, 0.2) is 11.4 Å². The highest BCUT2D eigenvalue weighted by atomic mass is 35.5. The van der Waals surface area contributed by atoms with Gasteiger partial charge in [0.1, 0.15) is 16.7 Å². The van der Waals surface area contributed by atoms with Crippen LogP contribution in [0.5, 0.6) is 11.5 Å². The zero-order valence-corrected chi connectivity index (χ0v) is 14.3. The Morgan fingerprint density at radius 1 is 1.31 bits per heavy atom. The number of rotatable bonds is 5. The highest BCUT2D eigenvalue weighted by molar-refractivity contribution is 6.29. The molecule has 0 aliphatic heterocycles. The first-order valence-corrected chi connectivity index (χ1v) is 8.42. The molecule has 132 valence electrons. The topological polar surface area (TPSA) is 69.0 Å². The van der Waals surface area contributed by atoms with Gasteiger partial charge in [-0.3, -0.25) is 9.48 Å². The number of hydrogen-bond donors (Lipinski definition) is 1. The van der Waals surface area contributed by atoms with Gasteiger partial charge in [0.05, 0.1) is 17.9 Å². The van der Waals surface area contributed by atoms with Gasteiger partial charge in [-0.05, 0) is 31.0 Å². The molecule has 26 heavy (non-hydrogen) atoms. The van der Waals surface area contributed by atoms with E-state index in [1.54, 1.807) is 29.1 Å². The van der Waals surface area contributed by atoms with Gasteiger partial charge in [0.25, 0.3) is 5.91 Å². The zero-order valence-electron chi connectivity index (χ0n) is 13.5. The molecule has 1 aliphatic carbocycles. The Morgan fingerprint density at radius 2 is 2.12 bits per heavy atom. The number of nitrogens with one attached hydrogen (secondary N) is 1. The van der Waals surface area contributed by atoms with E-state index >= 15 is 0 Å². The maximum atomic E-state index is 13.8. The second kappa shape index (κ2) is 6.76. The van der Waals surface area contributed by atoms with Crippen LogP contribution in [-0.2, 0) is 0 Å². The zero-order chi connectivity index (χ0) is 18.1. The van der Waals surface area contributed by atoms with Crippen LogP contribution in [0.2, 0.25) is 5.15 Å². The molecule has 0 unspecified atom stereocenters. The molecule has 0 bridgehead atoms. The summed E-state index contributed by atoms with van der Waals surface area (Å²) in [5, 5.41) is 7.13. The fourth-order valence-electron chi connectivity index (χ4n) is 2.45. The summed E-state index contributed by atoms with van der Waals surface area (Å²) in [7, 11) is 0. The Bertz CT molecular complexity index is 971. The van der Waals surface area contributed by atoms with Crippen molar-refractivity contribution in [3.63, 3.8) is 0 Å². The van der Waals surface area contributed by atoms with Crippen molar-refractivity contribution in [3.8, 4) is 11.5 Å². The van der Waals surface area contributed by atoms with Crippen LogP contribution < -0.4 is 10.1 Å². The van der Waals surface area contributed by atoms with Crippen molar-refractivity contribution >= 4 is 23.2 Å². The minimum absolute atomic E-state index is 0.0769. The standard InChI is InChI=1S/C18H14ClFN4O2/c19-16-9-12(7-8-21-16)26-15-10-24(11-5-6-11)23-17(15)18(25)22-14-4-2-1-3-13(14)20/h1-4,7-11H,5-6H2,(H,22,25). The molecular formula is C18H14ClFN4O2. The van der Waals surface area contributed by atoms with Gasteiger partial charge in [-0.1, -0.05) is 23.7 Å². The van der Waals surface area contributed by atoms with Gasteiger partial charge in [-0.25, -0.2) is 9.37 Å². The van der Waals surface area contributed by atoms with Crippen molar-refractivity contribution in [2.75, 3.05) is 5.32 Å². The van der Waals surface area contributed by atoms with Crippen LogP contribution in [-0.4, -0.2) is 20.7 Å². The highest BCUT2D eigenvalue weighted by Gasteiger charge is 2.28. The number of aromatic nitrogens is 3. The van der Waals surface area contributed by atoms with E-state index in [2.05, 4.69) is 15.4 Å². The third-order valence-corrected chi connectivity index (χ3v) is 4.09. The summed E-state index contributed by atoms with van der Waals surface area (Å²) in [6.45, 7) is 0. The molecule has 0 saturated heterocycles. The molecule has 0 radical (unpaired) electrons. The molecule has 0 atom stereocenters. The quantitative estimate of drug-likeness (QED) is 0.672. The van der Waals surface area contributed by atoms with E-state index < -0.39 is 11.7 Å². The van der Waals surface area contributed by atoms with Crippen LogP contribution in [0.3, 0.4) is 0 Å². The predicted octanol–water partition coefficient (Wildman–Crippen LogP) is 4.45. The smallest absolute Gasteiger partial charge is 0.280 e. The molecule has 6 nitrogen and oxygen atoms in total. The monoisotopic (exact) mass is 372 g/mol. The van der Waals surface area contributed by atoms with Crippen LogP contribution in [0, 0.1) is 5.82 Å². The SMILES string of the molecule is O=C(Nc1ccccc1F)c1nn(C2CC2)cc1Oc1ccnc(Cl)c1. The number of carbonyl (C=O) groups is 1. The molecule has 4 rings (SSSR count). The lowest BCUT2D eigenvalue weighted by atomic mass is 10.3. The van der Waals surface area contributed by atoms with Crippen molar-refractivity contribution < 1.29 is 13.9 Å². The Labute approximate surface area is 153 Å². The molecule has 2 aromatic heterocycles. The summed E-state index contributed by atoms with van der Waals surface area (Å²) < 4.78 is 21.3. The third kappa shape index (κ3) is 3.52. The number of benzene rings is 1. The van der Waals surface area contributed by atoms with E-state index in [0.717, 1.165) is 12.8 Å². The number of carbonyl (C=O) groups excluding carboxylic acids is 1. The Kier molecular flexibility index (Phi) is 4.30. The van der Waals surface area contributed by atoms with Crippen molar-refractivity contribution in [2.45, 2.75) is 18.9 Å². The van der Waals surface area contributed by atoms with Crippen molar-refractivity contribution in [1.29, 1.82) is 0 Å². The van der Waals surface area contributed by atoms with E-state index in [9.17, 15) is 9.18 Å². The number of nitrogens with zero attached hydrogens (tertiary/aromatic N) is 3. The summed E-state index contributed by atoms with van der Waals surface area (Å²) in [5.74, 6) is -0.371. The number of ether oxygens (including phenoxy) is 1. The van der Waals surface area contributed by atoms with E-state index in [4.69, 9.17) is 16.3 Å². The van der Waals surface area contributed by atoms with Crippen LogP contribution in [0.15, 0.2) is 48.8 Å². The second-order valence-electron chi connectivity index (χ2n) is 5.90. The molecule has 2 heterocycles. The highest BCUT2D eigenvalue weighted by Crippen LogP contribution is 2.37. The molecule has 3 aromatic rings. The van der Waals surface area contributed by atoms with Gasteiger partial charge in [0, 0.05) is 12.3 Å². The molecule has 1 aliphatic rings. The van der Waals surface area contributed by atoms with Crippen LogP contribution in [0.25, 0.3) is 0 Å². The number of para-hydroxylation sites is 1. The van der Waals surface area contributed by atoms with E-state index in [0.29, 0.717) is 5.75 Å². The van der Waals surface area contributed by atoms with Crippen molar-refractivity contribution in [2.24, 2.45) is 0 Å². The average Bonchev–Trinajstić information content (AvgIpc) is 3.38. The number of pyridine rings is 1. The number of amides is 1. The van der Waals surface area contributed by atoms with Gasteiger partial charge >= 0.3 is 0 Å². The van der Waals surface area contributed by atoms with Crippen LogP contribution >= 0.6 is 11.6 Å². The third-order valence-electron chi connectivity index (χ3n) is 3.88. The van der Waals surface area contributed by atoms with Gasteiger partial charge in [0.2, 0.25) is 0 Å². The van der Waals surface area contributed by atoms with Gasteiger partial charge in [-0.2, -0.15) is 5.10 Å². The number of anilines is 1. The summed E-state index contributed by atoms with van der Waals surface area (Å²) in [6, 6.07) is 9.36. The normalized spacial score (nSPS) is 13.5. The summed E-state index contributed by atoms with van der Waals surface area (Å²) in [6.07, 6.45) is 5.16. The minimum atomic E-state index is -0.551. The van der Waals surface area contributed by atoms with Gasteiger partial charge < -0.3 is 10.1 Å². The lowest BCUT2D eigenvalue weighted by Gasteiger charge is -2.07. The molecule has 1 amide bonds. The second-order valence-corrected chi connectivity index (χ2v) is 6.29. The minimum Gasteiger partial charge on any atom is -0.453 e. The molecule has 1 fully saturated rings. The number of hydrogen-bond acceptors (Lipinski definition) is 4. The maximum absolute atomic E-state index is 13.8. The van der Waals surface area contributed by atoms with Crippen LogP contribution in [0.4, 0.5) is 10.1 Å². The molecule has 1 N–H and O–H groups in total. The molecule has 0 spiro atoms. The Balaban J connectivity index is 1.63.